The van der Waals surface area contributed by atoms with Gasteiger partial charge in [-0.25, -0.2) is 4.99 Å². The number of aliphatic imine (C=N–C) groups is 1. The number of hydrogen-bond donors (Lipinski definition) is 1. The van der Waals surface area contributed by atoms with Crippen LogP contribution in [0.5, 0.6) is 5.75 Å². The van der Waals surface area contributed by atoms with E-state index in [-0.39, 0.29) is 5.91 Å². The Kier molecular flexibility index (Phi) is 5.67. The van der Waals surface area contributed by atoms with Gasteiger partial charge >= 0.3 is 0 Å². The predicted octanol–water partition coefficient (Wildman–Crippen LogP) is 4.94. The van der Waals surface area contributed by atoms with Gasteiger partial charge in [0.25, 0.3) is 5.91 Å². The third-order valence-corrected chi connectivity index (χ3v) is 6.01. The van der Waals surface area contributed by atoms with Crippen molar-refractivity contribution in [3.8, 4) is 5.75 Å². The Hall–Kier alpha value is -1.26. The quantitative estimate of drug-likeness (QED) is 0.460. The van der Waals surface area contributed by atoms with E-state index in [4.69, 9.17) is 9.15 Å². The number of thioether (sulfide) groups is 1. The van der Waals surface area contributed by atoms with E-state index < -0.39 is 0 Å². The van der Waals surface area contributed by atoms with Crippen molar-refractivity contribution in [2.24, 2.45) is 4.99 Å². The van der Waals surface area contributed by atoms with Gasteiger partial charge in [0.2, 0.25) is 0 Å². The minimum absolute atomic E-state index is 0.188. The molecule has 0 aliphatic carbocycles. The Morgan fingerprint density at radius 3 is 2.79 bits per heavy atom. The summed E-state index contributed by atoms with van der Waals surface area (Å²) in [5, 5.41) is 3.29. The van der Waals surface area contributed by atoms with Gasteiger partial charge in [-0.1, -0.05) is 0 Å². The molecule has 8 heteroatoms. The summed E-state index contributed by atoms with van der Waals surface area (Å²) in [5.74, 6) is 1.22. The van der Waals surface area contributed by atoms with Gasteiger partial charge in [0.15, 0.2) is 8.93 Å². The molecule has 1 aliphatic rings. The number of hydrogen-bond acceptors (Lipinski definition) is 5. The molecule has 0 atom stereocenters. The van der Waals surface area contributed by atoms with Crippen LogP contribution < -0.4 is 10.1 Å². The first-order valence-electron chi connectivity index (χ1n) is 7.02. The summed E-state index contributed by atoms with van der Waals surface area (Å²) in [5.41, 5.74) is 0.748. The van der Waals surface area contributed by atoms with Crippen LogP contribution in [-0.2, 0) is 4.79 Å². The number of furan rings is 1. The monoisotopic (exact) mass is 518 g/mol. The molecule has 1 aliphatic heterocycles. The number of carbonyl (C=O) groups is 1. The molecule has 0 unspecified atom stereocenters. The summed E-state index contributed by atoms with van der Waals surface area (Å²) in [6.07, 6.45) is 1.70. The Morgan fingerprint density at radius 1 is 1.42 bits per heavy atom. The fourth-order valence-corrected chi connectivity index (χ4v) is 3.48. The van der Waals surface area contributed by atoms with Crippen molar-refractivity contribution < 1.29 is 13.9 Å². The molecule has 5 nitrogen and oxygen atoms in total. The van der Waals surface area contributed by atoms with Gasteiger partial charge in [-0.3, -0.25) is 4.79 Å². The third-order valence-electron chi connectivity index (χ3n) is 2.97. The molecule has 1 fully saturated rings. The van der Waals surface area contributed by atoms with Crippen molar-refractivity contribution in [2.75, 3.05) is 6.61 Å². The summed E-state index contributed by atoms with van der Waals surface area (Å²) in [7, 11) is 0. The lowest BCUT2D eigenvalue weighted by molar-refractivity contribution is -0.115. The van der Waals surface area contributed by atoms with Gasteiger partial charge in [-0.05, 0) is 64.9 Å². The number of amidine groups is 1. The van der Waals surface area contributed by atoms with E-state index in [1.165, 1.54) is 11.8 Å². The molecular formula is C16H12BrIN2O3S. The molecule has 0 saturated carbocycles. The molecule has 0 spiro atoms. The molecule has 124 valence electrons. The average molecular weight is 519 g/mol. The van der Waals surface area contributed by atoms with Gasteiger partial charge in [0.1, 0.15) is 11.5 Å². The molecule has 1 aromatic heterocycles. The zero-order valence-corrected chi connectivity index (χ0v) is 17.1. The van der Waals surface area contributed by atoms with E-state index in [9.17, 15) is 4.79 Å². The van der Waals surface area contributed by atoms with Crippen molar-refractivity contribution in [3.63, 3.8) is 0 Å². The Bertz CT molecular complexity index is 811. The first kappa shape index (κ1) is 17.6. The van der Waals surface area contributed by atoms with Crippen molar-refractivity contribution in [2.45, 2.75) is 6.92 Å². The summed E-state index contributed by atoms with van der Waals surface area (Å²) in [6, 6.07) is 9.22. The van der Waals surface area contributed by atoms with Crippen molar-refractivity contribution in [1.82, 2.24) is 5.32 Å². The highest BCUT2D eigenvalue weighted by molar-refractivity contribution is 14.1. The maximum Gasteiger partial charge on any atom is 0.264 e. The van der Waals surface area contributed by atoms with E-state index in [2.05, 4.69) is 48.8 Å². The maximum atomic E-state index is 12.1. The lowest BCUT2D eigenvalue weighted by Gasteiger charge is -2.02. The number of amides is 1. The van der Waals surface area contributed by atoms with E-state index >= 15 is 0 Å². The smallest absolute Gasteiger partial charge is 0.264 e. The van der Waals surface area contributed by atoms with Crippen LogP contribution in [0.15, 0.2) is 49.1 Å². The molecule has 3 rings (SSSR count). The van der Waals surface area contributed by atoms with Crippen LogP contribution in [0.1, 0.15) is 12.7 Å². The molecule has 1 saturated heterocycles. The van der Waals surface area contributed by atoms with Gasteiger partial charge in [-0.15, -0.1) is 0 Å². The minimum Gasteiger partial charge on any atom is -0.494 e. The van der Waals surface area contributed by atoms with Crippen molar-refractivity contribution >= 4 is 73.1 Å². The molecule has 1 aromatic carbocycles. The van der Waals surface area contributed by atoms with Crippen LogP contribution in [0.2, 0.25) is 0 Å². The van der Waals surface area contributed by atoms with E-state index in [0.29, 0.717) is 22.4 Å². The molecule has 2 aromatic rings. The van der Waals surface area contributed by atoms with E-state index in [1.54, 1.807) is 6.08 Å². The Labute approximate surface area is 165 Å². The van der Waals surface area contributed by atoms with Crippen LogP contribution in [0.4, 0.5) is 5.69 Å². The summed E-state index contributed by atoms with van der Waals surface area (Å²) in [6.45, 7) is 2.56. The molecule has 24 heavy (non-hydrogen) atoms. The lowest BCUT2D eigenvalue weighted by Crippen LogP contribution is -2.19. The molecule has 1 N–H and O–H groups in total. The van der Waals surface area contributed by atoms with Gasteiger partial charge in [0, 0.05) is 28.7 Å². The average Bonchev–Trinajstić information content (AvgIpc) is 3.04. The van der Waals surface area contributed by atoms with Gasteiger partial charge in [0.05, 0.1) is 21.7 Å². The first-order valence-corrected chi connectivity index (χ1v) is 9.71. The van der Waals surface area contributed by atoms with Crippen LogP contribution in [-0.4, -0.2) is 17.7 Å². The largest absolute Gasteiger partial charge is 0.494 e. The van der Waals surface area contributed by atoms with Gasteiger partial charge < -0.3 is 14.5 Å². The highest BCUT2D eigenvalue weighted by atomic mass is 127. The Balaban J connectivity index is 1.76. The maximum absolute atomic E-state index is 12.1. The lowest BCUT2D eigenvalue weighted by atomic mass is 10.3. The molecule has 0 bridgehead atoms. The third kappa shape index (κ3) is 4.22. The zero-order valence-electron chi connectivity index (χ0n) is 12.5. The fraction of sp³-hybridized carbons (Fsp3) is 0.125. The minimum atomic E-state index is -0.188. The SMILES string of the molecule is CCOc1ccc(N=C2NC(=O)/C(=C/c3cc(Br)c(I)o3)S2)cc1. The number of ether oxygens (including phenoxy) is 1. The van der Waals surface area contributed by atoms with Gasteiger partial charge in [-0.2, -0.15) is 0 Å². The predicted molar refractivity (Wildman–Crippen MR) is 108 cm³/mol. The van der Waals surface area contributed by atoms with E-state index in [1.807, 2.05) is 37.3 Å². The normalized spacial score (nSPS) is 17.5. The standard InChI is InChI=1S/C16H12BrIN2O3S/c1-2-22-10-5-3-9(4-6-10)19-16-20-15(21)13(24-16)8-11-7-12(17)14(18)23-11/h3-8H,2H2,1H3,(H,19,20,21)/b13-8-. The molecule has 2 heterocycles. The molecule has 1 amide bonds. The number of halogens is 2. The Morgan fingerprint density at radius 2 is 2.17 bits per heavy atom. The first-order chi connectivity index (χ1) is 11.5. The van der Waals surface area contributed by atoms with Crippen molar-refractivity contribution in [1.29, 1.82) is 0 Å². The topological polar surface area (TPSA) is 63.8 Å². The summed E-state index contributed by atoms with van der Waals surface area (Å²) >= 11 is 6.74. The number of carbonyl (C=O) groups excluding carboxylic acids is 1. The second kappa shape index (κ2) is 7.75. The number of rotatable bonds is 4. The number of nitrogens with zero attached hydrogens (tertiary/aromatic N) is 1. The number of nitrogens with one attached hydrogen (secondary N) is 1. The molecular weight excluding hydrogens is 507 g/mol. The molecule has 0 radical (unpaired) electrons. The van der Waals surface area contributed by atoms with Crippen LogP contribution in [0, 0.1) is 3.77 Å². The number of benzene rings is 1. The second-order valence-electron chi connectivity index (χ2n) is 4.68. The second-order valence-corrected chi connectivity index (χ2v) is 7.54. The highest BCUT2D eigenvalue weighted by Crippen LogP contribution is 2.31. The van der Waals surface area contributed by atoms with E-state index in [0.717, 1.165) is 19.7 Å². The zero-order chi connectivity index (χ0) is 17.1. The van der Waals surface area contributed by atoms with Crippen LogP contribution >= 0.6 is 50.3 Å². The van der Waals surface area contributed by atoms with Crippen molar-refractivity contribution in [3.05, 3.63) is 49.2 Å². The fourth-order valence-electron chi connectivity index (χ4n) is 1.94. The summed E-state index contributed by atoms with van der Waals surface area (Å²) in [4.78, 5) is 17.0. The highest BCUT2D eigenvalue weighted by Gasteiger charge is 2.24. The summed E-state index contributed by atoms with van der Waals surface area (Å²) < 4.78 is 12.5. The van der Waals surface area contributed by atoms with Crippen LogP contribution in [0.25, 0.3) is 6.08 Å². The van der Waals surface area contributed by atoms with Crippen LogP contribution in [0.3, 0.4) is 0 Å².